The Morgan fingerprint density at radius 3 is 2.59 bits per heavy atom. The molecular weight excluding hydrogens is 303 g/mol. The molecule has 0 aliphatic rings. The maximum absolute atomic E-state index is 13.4. The van der Waals surface area contributed by atoms with Crippen LogP contribution >= 0.6 is 11.6 Å². The summed E-state index contributed by atoms with van der Waals surface area (Å²) in [5.74, 6) is -0.512. The van der Waals surface area contributed by atoms with Crippen molar-refractivity contribution in [3.63, 3.8) is 0 Å². The van der Waals surface area contributed by atoms with Crippen LogP contribution in [0.4, 0.5) is 4.39 Å². The second-order valence-corrected chi connectivity index (χ2v) is 5.40. The van der Waals surface area contributed by atoms with E-state index in [1.54, 1.807) is 18.2 Å². The third-order valence-corrected chi connectivity index (χ3v) is 3.72. The van der Waals surface area contributed by atoms with E-state index in [-0.39, 0.29) is 30.9 Å². The Morgan fingerprint density at radius 1 is 1.18 bits per heavy atom. The Hall–Kier alpha value is -1.91. The zero-order valence-corrected chi connectivity index (χ0v) is 13.0. The first-order valence-corrected chi connectivity index (χ1v) is 7.43. The lowest BCUT2D eigenvalue weighted by molar-refractivity contribution is -0.120. The van der Waals surface area contributed by atoms with Gasteiger partial charge in [-0.2, -0.15) is 0 Å². The lowest BCUT2D eigenvalue weighted by atomic mass is 10.1. The summed E-state index contributed by atoms with van der Waals surface area (Å²) in [4.78, 5) is 11.8. The van der Waals surface area contributed by atoms with Crippen molar-refractivity contribution in [2.24, 2.45) is 0 Å². The SMILES string of the molecule is CC(NCC(=O)NCc1ccccc1F)c1ccccc1Cl. The van der Waals surface area contributed by atoms with E-state index >= 15 is 0 Å². The predicted molar refractivity (Wildman–Crippen MR) is 86.1 cm³/mol. The molecule has 5 heteroatoms. The normalized spacial score (nSPS) is 12.0. The van der Waals surface area contributed by atoms with E-state index in [0.717, 1.165) is 5.56 Å². The van der Waals surface area contributed by atoms with Gasteiger partial charge in [0, 0.05) is 23.2 Å². The molecule has 2 aromatic carbocycles. The van der Waals surface area contributed by atoms with Crippen molar-refractivity contribution < 1.29 is 9.18 Å². The summed E-state index contributed by atoms with van der Waals surface area (Å²) in [7, 11) is 0. The highest BCUT2D eigenvalue weighted by atomic mass is 35.5. The molecule has 0 spiro atoms. The lowest BCUT2D eigenvalue weighted by Crippen LogP contribution is -2.34. The first-order chi connectivity index (χ1) is 10.6. The quantitative estimate of drug-likeness (QED) is 0.856. The van der Waals surface area contributed by atoms with Crippen LogP contribution in [0.3, 0.4) is 0 Å². The van der Waals surface area contributed by atoms with E-state index in [1.165, 1.54) is 6.07 Å². The summed E-state index contributed by atoms with van der Waals surface area (Å²) in [6, 6.07) is 13.8. The lowest BCUT2D eigenvalue weighted by Gasteiger charge is -2.15. The van der Waals surface area contributed by atoms with Crippen LogP contribution in [0.5, 0.6) is 0 Å². The summed E-state index contributed by atoms with van der Waals surface area (Å²) >= 11 is 6.11. The average molecular weight is 321 g/mol. The van der Waals surface area contributed by atoms with E-state index in [0.29, 0.717) is 10.6 Å². The van der Waals surface area contributed by atoms with Crippen LogP contribution in [-0.2, 0) is 11.3 Å². The molecule has 2 N–H and O–H groups in total. The van der Waals surface area contributed by atoms with Gasteiger partial charge in [0.25, 0.3) is 0 Å². The number of nitrogens with one attached hydrogen (secondary N) is 2. The van der Waals surface area contributed by atoms with Gasteiger partial charge in [-0.05, 0) is 24.6 Å². The zero-order valence-electron chi connectivity index (χ0n) is 12.3. The predicted octanol–water partition coefficient (Wildman–Crippen LogP) is 3.45. The highest BCUT2D eigenvalue weighted by molar-refractivity contribution is 6.31. The Kier molecular flexibility index (Phi) is 5.92. The molecule has 0 aliphatic heterocycles. The third kappa shape index (κ3) is 4.55. The maximum atomic E-state index is 13.4. The van der Waals surface area contributed by atoms with Gasteiger partial charge in [-0.1, -0.05) is 48.0 Å². The molecule has 0 aromatic heterocycles. The minimum Gasteiger partial charge on any atom is -0.351 e. The van der Waals surface area contributed by atoms with Gasteiger partial charge >= 0.3 is 0 Å². The van der Waals surface area contributed by atoms with E-state index in [2.05, 4.69) is 10.6 Å². The number of carbonyl (C=O) groups is 1. The van der Waals surface area contributed by atoms with Crippen molar-refractivity contribution >= 4 is 17.5 Å². The second kappa shape index (κ2) is 7.92. The molecule has 0 radical (unpaired) electrons. The molecule has 0 aliphatic carbocycles. The molecule has 3 nitrogen and oxygen atoms in total. The van der Waals surface area contributed by atoms with Crippen molar-refractivity contribution in [3.8, 4) is 0 Å². The highest BCUT2D eigenvalue weighted by Crippen LogP contribution is 2.21. The number of hydrogen-bond acceptors (Lipinski definition) is 2. The molecule has 1 unspecified atom stereocenters. The Balaban J connectivity index is 1.81. The summed E-state index contributed by atoms with van der Waals surface area (Å²) < 4.78 is 13.4. The Bertz CT molecular complexity index is 648. The molecule has 0 fully saturated rings. The monoisotopic (exact) mass is 320 g/mol. The molecule has 1 amide bonds. The van der Waals surface area contributed by atoms with E-state index in [4.69, 9.17) is 11.6 Å². The fourth-order valence-electron chi connectivity index (χ4n) is 2.08. The second-order valence-electron chi connectivity index (χ2n) is 4.99. The number of amides is 1. The highest BCUT2D eigenvalue weighted by Gasteiger charge is 2.10. The summed E-state index contributed by atoms with van der Waals surface area (Å²) in [5, 5.41) is 6.45. The van der Waals surface area contributed by atoms with Crippen molar-refractivity contribution in [1.82, 2.24) is 10.6 Å². The van der Waals surface area contributed by atoms with Crippen LogP contribution in [0.25, 0.3) is 0 Å². The largest absolute Gasteiger partial charge is 0.351 e. The summed E-state index contributed by atoms with van der Waals surface area (Å²) in [5.41, 5.74) is 1.40. The van der Waals surface area contributed by atoms with E-state index in [9.17, 15) is 9.18 Å². The standard InChI is InChI=1S/C17H18ClFN2O/c1-12(14-7-3-4-8-15(14)18)20-11-17(22)21-10-13-6-2-5-9-16(13)19/h2-9,12,20H,10-11H2,1H3,(H,21,22). The number of carbonyl (C=O) groups excluding carboxylic acids is 1. The molecule has 0 heterocycles. The van der Waals surface area contributed by atoms with Gasteiger partial charge < -0.3 is 10.6 Å². The minimum atomic E-state index is -0.319. The number of benzene rings is 2. The number of rotatable bonds is 6. The molecule has 2 rings (SSSR count). The summed E-state index contributed by atoms with van der Waals surface area (Å²) in [6.07, 6.45) is 0. The molecular formula is C17H18ClFN2O. The van der Waals surface area contributed by atoms with Crippen molar-refractivity contribution in [2.75, 3.05) is 6.54 Å². The molecule has 116 valence electrons. The van der Waals surface area contributed by atoms with Gasteiger partial charge in [0.15, 0.2) is 0 Å². The number of halogens is 2. The fourth-order valence-corrected chi connectivity index (χ4v) is 2.38. The molecule has 0 saturated carbocycles. The van der Waals surface area contributed by atoms with E-state index in [1.807, 2.05) is 31.2 Å². The summed E-state index contributed by atoms with van der Waals surface area (Å²) in [6.45, 7) is 2.25. The van der Waals surface area contributed by atoms with Crippen LogP contribution in [0.1, 0.15) is 24.1 Å². The molecule has 0 bridgehead atoms. The van der Waals surface area contributed by atoms with Crippen LogP contribution in [0.15, 0.2) is 48.5 Å². The Labute approximate surface area is 134 Å². The first kappa shape index (κ1) is 16.5. The van der Waals surface area contributed by atoms with Crippen LogP contribution in [0.2, 0.25) is 5.02 Å². The minimum absolute atomic E-state index is 0.0482. The Morgan fingerprint density at radius 2 is 1.86 bits per heavy atom. The fraction of sp³-hybridized carbons (Fsp3) is 0.235. The average Bonchev–Trinajstić information content (AvgIpc) is 2.52. The van der Waals surface area contributed by atoms with Crippen molar-refractivity contribution in [1.29, 1.82) is 0 Å². The van der Waals surface area contributed by atoms with Gasteiger partial charge in [0.05, 0.1) is 6.54 Å². The number of hydrogen-bond donors (Lipinski definition) is 2. The van der Waals surface area contributed by atoms with Gasteiger partial charge in [-0.25, -0.2) is 4.39 Å². The molecule has 0 saturated heterocycles. The third-order valence-electron chi connectivity index (χ3n) is 3.37. The topological polar surface area (TPSA) is 41.1 Å². The molecule has 1 atom stereocenters. The van der Waals surface area contributed by atoms with Gasteiger partial charge in [0.1, 0.15) is 5.82 Å². The smallest absolute Gasteiger partial charge is 0.234 e. The molecule has 22 heavy (non-hydrogen) atoms. The first-order valence-electron chi connectivity index (χ1n) is 7.06. The maximum Gasteiger partial charge on any atom is 0.234 e. The van der Waals surface area contributed by atoms with Crippen LogP contribution < -0.4 is 10.6 Å². The molecule has 2 aromatic rings. The zero-order chi connectivity index (χ0) is 15.9. The van der Waals surface area contributed by atoms with Crippen LogP contribution in [0, 0.1) is 5.82 Å². The van der Waals surface area contributed by atoms with Gasteiger partial charge in [-0.15, -0.1) is 0 Å². The van der Waals surface area contributed by atoms with Gasteiger partial charge in [0.2, 0.25) is 5.91 Å². The van der Waals surface area contributed by atoms with Crippen molar-refractivity contribution in [3.05, 3.63) is 70.5 Å². The van der Waals surface area contributed by atoms with Crippen LogP contribution in [-0.4, -0.2) is 12.5 Å². The van der Waals surface area contributed by atoms with Crippen molar-refractivity contribution in [2.45, 2.75) is 19.5 Å². The van der Waals surface area contributed by atoms with E-state index < -0.39 is 0 Å². The van der Waals surface area contributed by atoms with Gasteiger partial charge in [-0.3, -0.25) is 4.79 Å².